The number of nitrogens with zero attached hydrogens (tertiary/aromatic N) is 2. The molecule has 7 nitrogen and oxygen atoms in total. The van der Waals surface area contributed by atoms with E-state index in [0.717, 1.165) is 16.8 Å². The molecule has 2 aliphatic rings. The van der Waals surface area contributed by atoms with E-state index in [0.29, 0.717) is 38.0 Å². The highest BCUT2D eigenvalue weighted by atomic mass is 19.1. The van der Waals surface area contributed by atoms with Gasteiger partial charge in [-0.25, -0.2) is 9.18 Å². The molecule has 0 radical (unpaired) electrons. The van der Waals surface area contributed by atoms with Gasteiger partial charge in [0.05, 0.1) is 24.4 Å². The first-order chi connectivity index (χ1) is 15.3. The highest BCUT2D eigenvalue weighted by Gasteiger charge is 2.29. The largest absolute Gasteiger partial charge is 0.478 e. The average molecular weight is 439 g/mol. The number of halogens is 1. The second kappa shape index (κ2) is 9.08. The van der Waals surface area contributed by atoms with E-state index in [1.54, 1.807) is 30.1 Å². The van der Waals surface area contributed by atoms with Crippen molar-refractivity contribution in [3.63, 3.8) is 0 Å². The zero-order valence-electron chi connectivity index (χ0n) is 17.9. The fourth-order valence-corrected chi connectivity index (χ4v) is 4.37. The van der Waals surface area contributed by atoms with Crippen molar-refractivity contribution in [1.29, 1.82) is 0 Å². The average Bonchev–Trinajstić information content (AvgIpc) is 3.35. The highest BCUT2D eigenvalue weighted by molar-refractivity contribution is 5.99. The highest BCUT2D eigenvalue weighted by Crippen LogP contribution is 2.27. The molecule has 1 saturated heterocycles. The number of nitrogens with one attached hydrogen (secondary N) is 1. The zero-order valence-corrected chi connectivity index (χ0v) is 17.9. The lowest BCUT2D eigenvalue weighted by Crippen LogP contribution is -2.39. The third kappa shape index (κ3) is 4.80. The number of carboxylic acids is 1. The van der Waals surface area contributed by atoms with E-state index in [9.17, 15) is 23.9 Å². The summed E-state index contributed by atoms with van der Waals surface area (Å²) >= 11 is 0. The lowest BCUT2D eigenvalue weighted by atomic mass is 10.0. The molecule has 2 aliphatic heterocycles. The molecule has 4 rings (SSSR count). The summed E-state index contributed by atoms with van der Waals surface area (Å²) in [6, 6.07) is 11.7. The van der Waals surface area contributed by atoms with Crippen LogP contribution in [0, 0.1) is 0 Å². The Morgan fingerprint density at radius 3 is 2.81 bits per heavy atom. The molecule has 0 spiro atoms. The van der Waals surface area contributed by atoms with E-state index in [2.05, 4.69) is 5.32 Å². The molecular formula is C24H26FN3O4. The summed E-state index contributed by atoms with van der Waals surface area (Å²) in [7, 11) is 1.69. The molecule has 0 saturated carbocycles. The van der Waals surface area contributed by atoms with Gasteiger partial charge in [-0.2, -0.15) is 0 Å². The van der Waals surface area contributed by atoms with Gasteiger partial charge in [-0.3, -0.25) is 14.5 Å². The van der Waals surface area contributed by atoms with Crippen molar-refractivity contribution in [2.45, 2.75) is 31.5 Å². The summed E-state index contributed by atoms with van der Waals surface area (Å²) in [5.74, 6) is -1.24. The summed E-state index contributed by atoms with van der Waals surface area (Å²) in [6.07, 6.45) is 0.0567. The molecule has 0 aromatic heterocycles. The van der Waals surface area contributed by atoms with Gasteiger partial charge in [-0.05, 0) is 41.3 Å². The van der Waals surface area contributed by atoms with Crippen LogP contribution in [0.5, 0.6) is 0 Å². The van der Waals surface area contributed by atoms with Crippen molar-refractivity contribution in [2.75, 3.05) is 32.0 Å². The number of anilines is 1. The maximum absolute atomic E-state index is 13.8. The number of likely N-dealkylation sites (tertiary alicyclic amines) is 1. The number of amides is 2. The van der Waals surface area contributed by atoms with Gasteiger partial charge >= 0.3 is 5.97 Å². The summed E-state index contributed by atoms with van der Waals surface area (Å²) in [5, 5.41) is 12.2. The number of alkyl halides is 1. The van der Waals surface area contributed by atoms with Crippen LogP contribution in [0.2, 0.25) is 0 Å². The van der Waals surface area contributed by atoms with Crippen molar-refractivity contribution in [2.24, 2.45) is 0 Å². The van der Waals surface area contributed by atoms with Crippen molar-refractivity contribution in [1.82, 2.24) is 9.80 Å². The molecule has 2 heterocycles. The summed E-state index contributed by atoms with van der Waals surface area (Å²) in [6.45, 7) is 1.33. The minimum atomic E-state index is -1.04. The van der Waals surface area contributed by atoms with Crippen LogP contribution in [0.3, 0.4) is 0 Å². The molecule has 0 bridgehead atoms. The van der Waals surface area contributed by atoms with Gasteiger partial charge in [-0.1, -0.05) is 24.3 Å². The molecule has 32 heavy (non-hydrogen) atoms. The predicted molar refractivity (Wildman–Crippen MR) is 117 cm³/mol. The predicted octanol–water partition coefficient (Wildman–Crippen LogP) is 2.67. The van der Waals surface area contributed by atoms with E-state index in [-0.39, 0.29) is 23.8 Å². The first kappa shape index (κ1) is 22.0. The maximum atomic E-state index is 13.8. The van der Waals surface area contributed by atoms with Crippen LogP contribution in [-0.2, 0) is 22.4 Å². The van der Waals surface area contributed by atoms with Crippen LogP contribution in [0.15, 0.2) is 42.5 Å². The Morgan fingerprint density at radius 1 is 1.28 bits per heavy atom. The number of rotatable bonds is 7. The van der Waals surface area contributed by atoms with Gasteiger partial charge in [0.15, 0.2) is 0 Å². The van der Waals surface area contributed by atoms with Gasteiger partial charge in [0.1, 0.15) is 6.17 Å². The number of carbonyl (C=O) groups excluding carboxylic acids is 2. The number of carbonyl (C=O) groups is 3. The lowest BCUT2D eigenvalue weighted by Gasteiger charge is -2.32. The Kier molecular flexibility index (Phi) is 6.23. The van der Waals surface area contributed by atoms with Gasteiger partial charge in [0.2, 0.25) is 11.8 Å². The number of hydrogen-bond donors (Lipinski definition) is 2. The number of fused-ring (bicyclic) bond motifs is 1. The van der Waals surface area contributed by atoms with Gasteiger partial charge in [-0.15, -0.1) is 0 Å². The number of likely N-dealkylation sites (N-methyl/N-ethyl adjacent to an activating group) is 1. The second-order valence-corrected chi connectivity index (χ2v) is 8.49. The zero-order chi connectivity index (χ0) is 22.8. The molecular weight excluding hydrogens is 413 g/mol. The first-order valence-electron chi connectivity index (χ1n) is 10.7. The van der Waals surface area contributed by atoms with E-state index in [1.165, 1.54) is 6.07 Å². The monoisotopic (exact) mass is 439 g/mol. The van der Waals surface area contributed by atoms with E-state index < -0.39 is 18.2 Å². The molecule has 2 aromatic carbocycles. The smallest absolute Gasteiger partial charge is 0.335 e. The molecule has 2 amide bonds. The third-order valence-electron chi connectivity index (χ3n) is 6.18. The van der Waals surface area contributed by atoms with Crippen molar-refractivity contribution in [3.8, 4) is 0 Å². The molecule has 0 aliphatic carbocycles. The van der Waals surface area contributed by atoms with Crippen LogP contribution >= 0.6 is 0 Å². The molecule has 2 N–H and O–H groups in total. The van der Waals surface area contributed by atoms with Gasteiger partial charge in [0, 0.05) is 32.4 Å². The molecule has 0 unspecified atom stereocenters. The van der Waals surface area contributed by atoms with Crippen LogP contribution in [0.4, 0.5) is 10.1 Å². The van der Waals surface area contributed by atoms with Crippen molar-refractivity contribution < 1.29 is 23.9 Å². The first-order valence-corrected chi connectivity index (χ1v) is 10.7. The molecule has 2 atom stereocenters. The summed E-state index contributed by atoms with van der Waals surface area (Å²) < 4.78 is 13.8. The van der Waals surface area contributed by atoms with Gasteiger partial charge in [0.25, 0.3) is 0 Å². The quantitative estimate of drug-likeness (QED) is 0.692. The maximum Gasteiger partial charge on any atom is 0.335 e. The standard InChI is InChI=1S/C24H26FN3O4/c1-27(23(30)10-15-5-6-16-12-22(29)26-20(16)9-15)21(14-28-8-7-19(25)13-28)17-3-2-4-18(11-17)24(31)32/h2-6,9,11,19,21H,7-8,10,12-14H2,1H3,(H,26,29)(H,31,32)/t19-,21+/m0/s1. The molecule has 8 heteroatoms. The number of benzene rings is 2. The van der Waals surface area contributed by atoms with E-state index in [1.807, 2.05) is 23.1 Å². The van der Waals surface area contributed by atoms with Crippen molar-refractivity contribution in [3.05, 3.63) is 64.7 Å². The lowest BCUT2D eigenvalue weighted by molar-refractivity contribution is -0.131. The van der Waals surface area contributed by atoms with E-state index in [4.69, 9.17) is 0 Å². The number of aromatic carboxylic acids is 1. The molecule has 168 valence electrons. The Bertz CT molecular complexity index is 1060. The molecule has 1 fully saturated rings. The minimum Gasteiger partial charge on any atom is -0.478 e. The van der Waals surface area contributed by atoms with Crippen LogP contribution in [-0.4, -0.2) is 65.5 Å². The Balaban J connectivity index is 1.55. The fraction of sp³-hybridized carbons (Fsp3) is 0.375. The Labute approximate surface area is 185 Å². The minimum absolute atomic E-state index is 0.0595. The summed E-state index contributed by atoms with van der Waals surface area (Å²) in [5.41, 5.74) is 3.28. The van der Waals surface area contributed by atoms with Gasteiger partial charge < -0.3 is 15.3 Å². The summed E-state index contributed by atoms with van der Waals surface area (Å²) in [4.78, 5) is 39.8. The van der Waals surface area contributed by atoms with Crippen LogP contribution in [0.1, 0.15) is 39.5 Å². The number of carboxylic acid groups (broad SMARTS) is 1. The number of hydrogen-bond acceptors (Lipinski definition) is 4. The topological polar surface area (TPSA) is 90.0 Å². The normalized spacial score (nSPS) is 18.8. The Morgan fingerprint density at radius 2 is 2.09 bits per heavy atom. The Hall–Kier alpha value is -3.26. The third-order valence-corrected chi connectivity index (χ3v) is 6.18. The van der Waals surface area contributed by atoms with Crippen LogP contribution in [0.25, 0.3) is 0 Å². The fourth-order valence-electron chi connectivity index (χ4n) is 4.37. The second-order valence-electron chi connectivity index (χ2n) is 8.49. The van der Waals surface area contributed by atoms with Crippen molar-refractivity contribution >= 4 is 23.5 Å². The molecule has 2 aromatic rings. The van der Waals surface area contributed by atoms with E-state index >= 15 is 0 Å². The SMILES string of the molecule is CN(C(=O)Cc1ccc2c(c1)NC(=O)C2)[C@H](CN1CC[C@H](F)C1)c1cccc(C(=O)O)c1. The van der Waals surface area contributed by atoms with Crippen LogP contribution < -0.4 is 5.32 Å².